The molecule has 1 unspecified atom stereocenters. The number of oxazole rings is 1. The molecule has 150 valence electrons. The minimum Gasteiger partial charge on any atom is -0.497 e. The molecule has 2 aromatic heterocycles. The Labute approximate surface area is 168 Å². The summed E-state index contributed by atoms with van der Waals surface area (Å²) in [7, 11) is 1.62. The molecule has 1 saturated heterocycles. The number of hydrogen-bond acceptors (Lipinski definition) is 7. The van der Waals surface area contributed by atoms with Gasteiger partial charge in [-0.05, 0) is 44.0 Å². The number of carbonyl (C=O) groups is 1. The Morgan fingerprint density at radius 1 is 1.14 bits per heavy atom. The van der Waals surface area contributed by atoms with Gasteiger partial charge in [-0.15, -0.1) is 0 Å². The van der Waals surface area contributed by atoms with Crippen LogP contribution in [0.5, 0.6) is 17.4 Å². The molecule has 8 heteroatoms. The molecular formula is C21H22N4O4. The highest BCUT2D eigenvalue weighted by atomic mass is 16.5. The molecule has 1 amide bonds. The molecule has 8 nitrogen and oxygen atoms in total. The van der Waals surface area contributed by atoms with Crippen LogP contribution in [0.1, 0.15) is 46.8 Å². The number of hydrogen-bond donors (Lipinski definition) is 0. The van der Waals surface area contributed by atoms with E-state index in [1.165, 1.54) is 6.26 Å². The Morgan fingerprint density at radius 2 is 1.90 bits per heavy atom. The summed E-state index contributed by atoms with van der Waals surface area (Å²) in [5.41, 5.74) is 1.08. The van der Waals surface area contributed by atoms with Crippen LogP contribution in [0.3, 0.4) is 0 Å². The van der Waals surface area contributed by atoms with Gasteiger partial charge in [-0.1, -0.05) is 0 Å². The quantitative estimate of drug-likeness (QED) is 0.649. The first kappa shape index (κ1) is 18.9. The number of methoxy groups -OCH3 is 1. The molecule has 0 spiro atoms. The molecular weight excluding hydrogens is 372 g/mol. The zero-order valence-electron chi connectivity index (χ0n) is 16.6. The van der Waals surface area contributed by atoms with Crippen molar-refractivity contribution in [1.82, 2.24) is 19.9 Å². The van der Waals surface area contributed by atoms with Gasteiger partial charge in [-0.3, -0.25) is 4.79 Å². The third kappa shape index (κ3) is 4.06. The van der Waals surface area contributed by atoms with Gasteiger partial charge in [0.05, 0.1) is 13.2 Å². The van der Waals surface area contributed by atoms with Gasteiger partial charge in [-0.2, -0.15) is 4.98 Å². The molecule has 1 aromatic carbocycles. The summed E-state index contributed by atoms with van der Waals surface area (Å²) in [6, 6.07) is 8.82. The maximum atomic E-state index is 12.9. The van der Waals surface area contributed by atoms with E-state index < -0.39 is 0 Å². The Balaban J connectivity index is 1.57. The summed E-state index contributed by atoms with van der Waals surface area (Å²) < 4.78 is 16.3. The molecule has 4 rings (SSSR count). The van der Waals surface area contributed by atoms with E-state index in [4.69, 9.17) is 13.9 Å². The van der Waals surface area contributed by atoms with E-state index in [-0.39, 0.29) is 11.9 Å². The largest absolute Gasteiger partial charge is 0.497 e. The van der Waals surface area contributed by atoms with Crippen molar-refractivity contribution in [2.24, 2.45) is 0 Å². The molecule has 1 aliphatic rings. The first-order valence-corrected chi connectivity index (χ1v) is 9.44. The Hall–Kier alpha value is -3.42. The van der Waals surface area contributed by atoms with Crippen molar-refractivity contribution in [2.75, 3.05) is 13.7 Å². The number of benzene rings is 1. The average Bonchev–Trinajstić information content (AvgIpc) is 3.37. The number of aromatic nitrogens is 3. The second kappa shape index (κ2) is 7.90. The van der Waals surface area contributed by atoms with Crippen molar-refractivity contribution in [3.05, 3.63) is 59.7 Å². The van der Waals surface area contributed by atoms with Crippen molar-refractivity contribution >= 4 is 5.91 Å². The van der Waals surface area contributed by atoms with Crippen LogP contribution >= 0.6 is 0 Å². The van der Waals surface area contributed by atoms with E-state index in [0.717, 1.165) is 24.3 Å². The fraction of sp³-hybridized carbons (Fsp3) is 0.333. The molecule has 1 fully saturated rings. The lowest BCUT2D eigenvalue weighted by Gasteiger charge is -2.23. The first-order valence-electron chi connectivity index (χ1n) is 9.44. The first-order chi connectivity index (χ1) is 14.0. The van der Waals surface area contributed by atoms with Gasteiger partial charge >= 0.3 is 0 Å². The van der Waals surface area contributed by atoms with Gasteiger partial charge in [0.15, 0.2) is 17.4 Å². The monoisotopic (exact) mass is 394 g/mol. The van der Waals surface area contributed by atoms with Crippen molar-refractivity contribution in [3.8, 4) is 17.4 Å². The molecule has 0 N–H and O–H groups in total. The lowest BCUT2D eigenvalue weighted by molar-refractivity contribution is 0.0723. The van der Waals surface area contributed by atoms with Crippen LogP contribution in [-0.4, -0.2) is 39.4 Å². The van der Waals surface area contributed by atoms with Gasteiger partial charge in [0.1, 0.15) is 17.8 Å². The Bertz CT molecular complexity index is 1020. The molecule has 1 aliphatic heterocycles. The van der Waals surface area contributed by atoms with Gasteiger partial charge in [0, 0.05) is 25.2 Å². The normalized spacial score (nSPS) is 16.1. The molecule has 3 aromatic rings. The van der Waals surface area contributed by atoms with Crippen LogP contribution in [0.4, 0.5) is 0 Å². The topological polar surface area (TPSA) is 90.6 Å². The fourth-order valence-corrected chi connectivity index (χ4v) is 3.41. The molecule has 0 bridgehead atoms. The summed E-state index contributed by atoms with van der Waals surface area (Å²) in [5, 5.41) is 0. The van der Waals surface area contributed by atoms with Crippen LogP contribution in [0.2, 0.25) is 0 Å². The van der Waals surface area contributed by atoms with Gasteiger partial charge in [-0.25, -0.2) is 9.97 Å². The van der Waals surface area contributed by atoms with Crippen molar-refractivity contribution in [3.63, 3.8) is 0 Å². The Morgan fingerprint density at radius 3 is 2.59 bits per heavy atom. The minimum atomic E-state index is -0.224. The zero-order chi connectivity index (χ0) is 20.4. The number of nitrogens with zero attached hydrogens (tertiary/aromatic N) is 4. The number of likely N-dealkylation sites (tertiary alicyclic amines) is 1. The van der Waals surface area contributed by atoms with Gasteiger partial charge < -0.3 is 18.8 Å². The number of rotatable bonds is 5. The molecule has 0 radical (unpaired) electrons. The molecule has 1 atom stereocenters. The van der Waals surface area contributed by atoms with E-state index >= 15 is 0 Å². The molecule has 0 saturated carbocycles. The zero-order valence-corrected chi connectivity index (χ0v) is 16.6. The minimum absolute atomic E-state index is 0.174. The lowest BCUT2D eigenvalue weighted by Crippen LogP contribution is -2.31. The predicted octanol–water partition coefficient (Wildman–Crippen LogP) is 3.86. The third-order valence-corrected chi connectivity index (χ3v) is 4.78. The van der Waals surface area contributed by atoms with Crippen molar-refractivity contribution < 1.29 is 18.7 Å². The van der Waals surface area contributed by atoms with Crippen LogP contribution in [0, 0.1) is 13.8 Å². The number of ether oxygens (including phenoxy) is 2. The van der Waals surface area contributed by atoms with Gasteiger partial charge in [0.2, 0.25) is 5.88 Å². The summed E-state index contributed by atoms with van der Waals surface area (Å²) in [4.78, 5) is 27.9. The summed E-state index contributed by atoms with van der Waals surface area (Å²) in [6.07, 6.45) is 3.05. The number of carbonyl (C=O) groups excluding carboxylic acids is 1. The highest BCUT2D eigenvalue weighted by Gasteiger charge is 2.34. The lowest BCUT2D eigenvalue weighted by atomic mass is 10.2. The van der Waals surface area contributed by atoms with Gasteiger partial charge in [0.25, 0.3) is 5.91 Å². The Kier molecular flexibility index (Phi) is 5.16. The molecule has 0 aliphatic carbocycles. The fourth-order valence-electron chi connectivity index (χ4n) is 3.41. The molecule has 29 heavy (non-hydrogen) atoms. The second-order valence-corrected chi connectivity index (χ2v) is 6.89. The SMILES string of the molecule is COc1ccc(Oc2cc(C)nc(C3CCCN3C(=O)c3coc(C)n3)n2)cc1. The highest BCUT2D eigenvalue weighted by Crippen LogP contribution is 2.33. The summed E-state index contributed by atoms with van der Waals surface area (Å²) in [6.45, 7) is 4.22. The molecule has 3 heterocycles. The third-order valence-electron chi connectivity index (χ3n) is 4.78. The van der Waals surface area contributed by atoms with Crippen LogP contribution in [0.15, 0.2) is 41.0 Å². The maximum Gasteiger partial charge on any atom is 0.276 e. The standard InChI is InChI=1S/C21H22N4O4/c1-13-11-19(29-16-8-6-15(27-3)7-9-16)24-20(22-13)18-5-4-10-25(18)21(26)17-12-28-14(2)23-17/h6-9,11-12,18H,4-5,10H2,1-3H3. The van der Waals surface area contributed by atoms with Crippen molar-refractivity contribution in [2.45, 2.75) is 32.7 Å². The van der Waals surface area contributed by atoms with E-state index in [0.29, 0.717) is 35.6 Å². The van der Waals surface area contributed by atoms with E-state index in [1.807, 2.05) is 31.2 Å². The van der Waals surface area contributed by atoms with E-state index in [2.05, 4.69) is 15.0 Å². The summed E-state index contributed by atoms with van der Waals surface area (Å²) >= 11 is 0. The number of amides is 1. The van der Waals surface area contributed by atoms with Crippen LogP contribution in [-0.2, 0) is 0 Å². The van der Waals surface area contributed by atoms with Crippen LogP contribution < -0.4 is 9.47 Å². The second-order valence-electron chi connectivity index (χ2n) is 6.89. The van der Waals surface area contributed by atoms with E-state index in [1.54, 1.807) is 25.0 Å². The summed E-state index contributed by atoms with van der Waals surface area (Å²) in [5.74, 6) is 2.69. The van der Waals surface area contributed by atoms with E-state index in [9.17, 15) is 4.79 Å². The maximum absolute atomic E-state index is 12.9. The van der Waals surface area contributed by atoms with Crippen LogP contribution in [0.25, 0.3) is 0 Å². The van der Waals surface area contributed by atoms with Crippen molar-refractivity contribution in [1.29, 1.82) is 0 Å². The smallest absolute Gasteiger partial charge is 0.276 e. The predicted molar refractivity (Wildman–Crippen MR) is 104 cm³/mol. The highest BCUT2D eigenvalue weighted by molar-refractivity contribution is 5.92. The average molecular weight is 394 g/mol. The number of aryl methyl sites for hydroxylation is 2.